The summed E-state index contributed by atoms with van der Waals surface area (Å²) in [6, 6.07) is 6.00. The molecule has 0 saturated carbocycles. The molecule has 0 aliphatic rings. The van der Waals surface area contributed by atoms with E-state index >= 15 is 0 Å². The van der Waals surface area contributed by atoms with Crippen molar-refractivity contribution >= 4 is 0 Å². The lowest BCUT2D eigenvalue weighted by molar-refractivity contribution is 0.0995. The fourth-order valence-corrected chi connectivity index (χ4v) is 1.67. The van der Waals surface area contributed by atoms with Crippen molar-refractivity contribution in [1.29, 1.82) is 0 Å². The highest BCUT2D eigenvalue weighted by atomic mass is 16.5. The quantitative estimate of drug-likeness (QED) is 0.661. The van der Waals surface area contributed by atoms with Gasteiger partial charge in [-0.3, -0.25) is 0 Å². The summed E-state index contributed by atoms with van der Waals surface area (Å²) in [6.45, 7) is 7.90. The summed E-state index contributed by atoms with van der Waals surface area (Å²) in [5.74, 6) is 1.54. The smallest absolute Gasteiger partial charge is 0.161 e. The largest absolute Gasteiger partial charge is 0.493 e. The highest BCUT2D eigenvalue weighted by Gasteiger charge is 2.05. The van der Waals surface area contributed by atoms with Gasteiger partial charge in [0.05, 0.1) is 13.7 Å². The molecule has 19 heavy (non-hydrogen) atoms. The zero-order chi connectivity index (χ0) is 13.9. The Morgan fingerprint density at radius 2 is 1.89 bits per heavy atom. The van der Waals surface area contributed by atoms with E-state index in [2.05, 4.69) is 19.2 Å². The molecule has 1 aromatic carbocycles. The SMILES string of the molecule is CCCOCCOc1ccc(CNCC)cc1OC. The van der Waals surface area contributed by atoms with Gasteiger partial charge >= 0.3 is 0 Å². The summed E-state index contributed by atoms with van der Waals surface area (Å²) in [7, 11) is 1.66. The van der Waals surface area contributed by atoms with E-state index in [0.29, 0.717) is 13.2 Å². The molecule has 0 amide bonds. The molecule has 0 atom stereocenters. The first-order valence-electron chi connectivity index (χ1n) is 6.90. The van der Waals surface area contributed by atoms with Crippen LogP contribution < -0.4 is 14.8 Å². The number of methoxy groups -OCH3 is 1. The highest BCUT2D eigenvalue weighted by molar-refractivity contribution is 5.42. The Morgan fingerprint density at radius 1 is 1.05 bits per heavy atom. The first-order chi connectivity index (χ1) is 9.31. The number of benzene rings is 1. The first kappa shape index (κ1) is 15.8. The summed E-state index contributed by atoms with van der Waals surface area (Å²) in [5, 5.41) is 3.29. The first-order valence-corrected chi connectivity index (χ1v) is 6.90. The molecular formula is C15H25NO3. The molecule has 1 N–H and O–H groups in total. The van der Waals surface area contributed by atoms with Crippen LogP contribution in [0.1, 0.15) is 25.8 Å². The standard InChI is InChI=1S/C15H25NO3/c1-4-8-18-9-10-19-14-7-6-13(12-16-5-2)11-15(14)17-3/h6-7,11,16H,4-5,8-10,12H2,1-3H3. The zero-order valence-electron chi connectivity index (χ0n) is 12.2. The monoisotopic (exact) mass is 267 g/mol. The molecule has 0 unspecified atom stereocenters. The summed E-state index contributed by atoms with van der Waals surface area (Å²) in [4.78, 5) is 0. The third-order valence-corrected chi connectivity index (χ3v) is 2.64. The number of hydrogen-bond acceptors (Lipinski definition) is 4. The van der Waals surface area contributed by atoms with E-state index in [9.17, 15) is 0 Å². The molecule has 0 saturated heterocycles. The second-order valence-corrected chi connectivity index (χ2v) is 4.23. The molecule has 0 aliphatic carbocycles. The van der Waals surface area contributed by atoms with Crippen LogP contribution in [0.25, 0.3) is 0 Å². The minimum Gasteiger partial charge on any atom is -0.493 e. The lowest BCUT2D eigenvalue weighted by atomic mass is 10.2. The highest BCUT2D eigenvalue weighted by Crippen LogP contribution is 2.27. The van der Waals surface area contributed by atoms with Crippen LogP contribution in [-0.2, 0) is 11.3 Å². The Labute approximate surface area is 116 Å². The average Bonchev–Trinajstić information content (AvgIpc) is 2.45. The van der Waals surface area contributed by atoms with Crippen LogP contribution in [0.5, 0.6) is 11.5 Å². The van der Waals surface area contributed by atoms with Gasteiger partial charge in [-0.2, -0.15) is 0 Å². The predicted molar refractivity (Wildman–Crippen MR) is 77.0 cm³/mol. The molecule has 4 heteroatoms. The summed E-state index contributed by atoms with van der Waals surface area (Å²) < 4.78 is 16.4. The maximum Gasteiger partial charge on any atom is 0.161 e. The van der Waals surface area contributed by atoms with E-state index in [-0.39, 0.29) is 0 Å². The van der Waals surface area contributed by atoms with Crippen LogP contribution in [0.4, 0.5) is 0 Å². The third kappa shape index (κ3) is 5.94. The van der Waals surface area contributed by atoms with Crippen molar-refractivity contribution < 1.29 is 14.2 Å². The van der Waals surface area contributed by atoms with Gasteiger partial charge in [0.25, 0.3) is 0 Å². The molecule has 0 spiro atoms. The number of rotatable bonds is 10. The van der Waals surface area contributed by atoms with Gasteiger partial charge in [0, 0.05) is 13.2 Å². The van der Waals surface area contributed by atoms with Gasteiger partial charge in [0.1, 0.15) is 6.61 Å². The Bertz CT molecular complexity index is 355. The van der Waals surface area contributed by atoms with Crippen LogP contribution in [0.2, 0.25) is 0 Å². The molecule has 0 bridgehead atoms. The van der Waals surface area contributed by atoms with Crippen molar-refractivity contribution in [2.45, 2.75) is 26.8 Å². The molecule has 0 radical (unpaired) electrons. The minimum absolute atomic E-state index is 0.545. The molecular weight excluding hydrogens is 242 g/mol. The topological polar surface area (TPSA) is 39.7 Å². The second kappa shape index (κ2) is 9.64. The molecule has 0 fully saturated rings. The van der Waals surface area contributed by atoms with Crippen LogP contribution in [0, 0.1) is 0 Å². The summed E-state index contributed by atoms with van der Waals surface area (Å²) in [5.41, 5.74) is 1.19. The fraction of sp³-hybridized carbons (Fsp3) is 0.600. The van der Waals surface area contributed by atoms with Crippen LogP contribution in [-0.4, -0.2) is 33.5 Å². The minimum atomic E-state index is 0.545. The number of nitrogens with one attached hydrogen (secondary N) is 1. The van der Waals surface area contributed by atoms with E-state index < -0.39 is 0 Å². The van der Waals surface area contributed by atoms with Crippen LogP contribution in [0.3, 0.4) is 0 Å². The van der Waals surface area contributed by atoms with Crippen LogP contribution >= 0.6 is 0 Å². The van der Waals surface area contributed by atoms with Gasteiger partial charge in [0.2, 0.25) is 0 Å². The van der Waals surface area contributed by atoms with Crippen molar-refractivity contribution in [3.8, 4) is 11.5 Å². The van der Waals surface area contributed by atoms with E-state index in [0.717, 1.165) is 37.6 Å². The lowest BCUT2D eigenvalue weighted by Gasteiger charge is -2.12. The number of ether oxygens (including phenoxy) is 3. The van der Waals surface area contributed by atoms with E-state index in [4.69, 9.17) is 14.2 Å². The van der Waals surface area contributed by atoms with Gasteiger partial charge in [-0.05, 0) is 30.7 Å². The normalized spacial score (nSPS) is 10.5. The van der Waals surface area contributed by atoms with Crippen LogP contribution in [0.15, 0.2) is 18.2 Å². The van der Waals surface area contributed by atoms with E-state index in [1.165, 1.54) is 5.56 Å². The number of hydrogen-bond donors (Lipinski definition) is 1. The molecule has 1 rings (SSSR count). The van der Waals surface area contributed by atoms with Crippen molar-refractivity contribution in [2.24, 2.45) is 0 Å². The van der Waals surface area contributed by atoms with Crippen molar-refractivity contribution in [2.75, 3.05) is 33.5 Å². The molecule has 1 aromatic rings. The molecule has 0 aromatic heterocycles. The third-order valence-electron chi connectivity index (χ3n) is 2.64. The van der Waals surface area contributed by atoms with Gasteiger partial charge in [-0.1, -0.05) is 19.9 Å². The zero-order valence-corrected chi connectivity index (χ0v) is 12.2. The van der Waals surface area contributed by atoms with E-state index in [1.54, 1.807) is 7.11 Å². The van der Waals surface area contributed by atoms with Gasteiger partial charge in [-0.25, -0.2) is 0 Å². The Balaban J connectivity index is 2.48. The van der Waals surface area contributed by atoms with Gasteiger partial charge in [0.15, 0.2) is 11.5 Å². The average molecular weight is 267 g/mol. The van der Waals surface area contributed by atoms with Crippen molar-refractivity contribution in [3.05, 3.63) is 23.8 Å². The summed E-state index contributed by atoms with van der Waals surface area (Å²) in [6.07, 6.45) is 1.03. The van der Waals surface area contributed by atoms with Crippen molar-refractivity contribution in [1.82, 2.24) is 5.32 Å². The molecule has 4 nitrogen and oxygen atoms in total. The second-order valence-electron chi connectivity index (χ2n) is 4.23. The van der Waals surface area contributed by atoms with Crippen molar-refractivity contribution in [3.63, 3.8) is 0 Å². The molecule has 108 valence electrons. The maximum absolute atomic E-state index is 5.66. The molecule has 0 aliphatic heterocycles. The Morgan fingerprint density at radius 3 is 2.58 bits per heavy atom. The summed E-state index contributed by atoms with van der Waals surface area (Å²) >= 11 is 0. The van der Waals surface area contributed by atoms with Gasteiger partial charge < -0.3 is 19.5 Å². The predicted octanol–water partition coefficient (Wildman–Crippen LogP) is 2.61. The Hall–Kier alpha value is -1.26. The Kier molecular flexibility index (Phi) is 8.02. The lowest BCUT2D eigenvalue weighted by Crippen LogP contribution is -2.12. The maximum atomic E-state index is 5.66. The molecule has 0 heterocycles. The van der Waals surface area contributed by atoms with E-state index in [1.807, 2.05) is 18.2 Å². The fourth-order valence-electron chi connectivity index (χ4n) is 1.67. The van der Waals surface area contributed by atoms with Gasteiger partial charge in [-0.15, -0.1) is 0 Å².